The first kappa shape index (κ1) is 18.3. The van der Waals surface area contributed by atoms with Crippen LogP contribution in [0.1, 0.15) is 29.8 Å². The molecule has 1 aromatic heterocycles. The molecule has 4 rings (SSSR count). The zero-order valence-corrected chi connectivity index (χ0v) is 15.7. The first-order valence-corrected chi connectivity index (χ1v) is 9.35. The van der Waals surface area contributed by atoms with Crippen molar-refractivity contribution in [2.75, 3.05) is 26.8 Å². The number of likely N-dealkylation sites (tertiary alicyclic amines) is 1. The van der Waals surface area contributed by atoms with Gasteiger partial charge in [0, 0.05) is 37.5 Å². The summed E-state index contributed by atoms with van der Waals surface area (Å²) < 4.78 is 13.0. The van der Waals surface area contributed by atoms with Gasteiger partial charge in [-0.15, -0.1) is 0 Å². The van der Waals surface area contributed by atoms with Crippen molar-refractivity contribution in [1.82, 2.24) is 9.47 Å². The summed E-state index contributed by atoms with van der Waals surface area (Å²) in [5, 5.41) is 20.6. The highest BCUT2D eigenvalue weighted by Gasteiger charge is 2.43. The number of aromatic nitrogens is 1. The quantitative estimate of drug-likeness (QED) is 0.828. The molecule has 7 nitrogen and oxygen atoms in total. The lowest BCUT2D eigenvalue weighted by Crippen LogP contribution is -2.55. The van der Waals surface area contributed by atoms with Crippen LogP contribution >= 0.6 is 0 Å². The lowest BCUT2D eigenvalue weighted by Gasteiger charge is -2.46. The van der Waals surface area contributed by atoms with Crippen molar-refractivity contribution in [3.63, 3.8) is 0 Å². The summed E-state index contributed by atoms with van der Waals surface area (Å²) in [4.78, 5) is 14.9. The molecule has 2 fully saturated rings. The summed E-state index contributed by atoms with van der Waals surface area (Å²) in [6.07, 6.45) is 0.183. The topological polar surface area (TPSA) is 84.2 Å². The van der Waals surface area contributed by atoms with Crippen molar-refractivity contribution in [3.8, 4) is 5.75 Å². The molecule has 0 aliphatic carbocycles. The van der Waals surface area contributed by atoms with Gasteiger partial charge in [0.15, 0.2) is 0 Å². The minimum atomic E-state index is -0.817. The van der Waals surface area contributed by atoms with E-state index in [2.05, 4.69) is 0 Å². The molecule has 1 spiro atoms. The summed E-state index contributed by atoms with van der Waals surface area (Å²) in [6, 6.07) is 7.68. The molecule has 1 aromatic carbocycles. The van der Waals surface area contributed by atoms with E-state index in [1.54, 1.807) is 7.11 Å². The number of fused-ring (bicyclic) bond motifs is 1. The highest BCUT2D eigenvalue weighted by molar-refractivity contribution is 5.99. The number of aliphatic hydroxyl groups excluding tert-OH is 2. The summed E-state index contributed by atoms with van der Waals surface area (Å²) in [5.74, 6) is 0.765. The van der Waals surface area contributed by atoms with Crippen LogP contribution in [-0.4, -0.2) is 70.2 Å². The summed E-state index contributed by atoms with van der Waals surface area (Å²) in [6.45, 7) is 1.30. The maximum absolute atomic E-state index is 13.1. The fourth-order valence-electron chi connectivity index (χ4n) is 4.24. The van der Waals surface area contributed by atoms with Gasteiger partial charge in [-0.2, -0.15) is 0 Å². The molecule has 2 aromatic rings. The van der Waals surface area contributed by atoms with Crippen molar-refractivity contribution in [3.05, 3.63) is 30.0 Å². The molecule has 2 aliphatic rings. The molecule has 2 atom stereocenters. The third kappa shape index (κ3) is 3.20. The van der Waals surface area contributed by atoms with Gasteiger partial charge in [0.25, 0.3) is 5.91 Å². The Morgan fingerprint density at radius 2 is 1.96 bits per heavy atom. The minimum Gasteiger partial charge on any atom is -0.497 e. The van der Waals surface area contributed by atoms with Crippen LogP contribution < -0.4 is 4.74 Å². The standard InChI is InChI=1S/C20H26N2O5/c1-21-15-4-3-14(26-2)9-13(15)10-16(21)19(25)22-7-5-20(6-8-22)11-17(23)18(24)12-27-20/h3-4,9-10,17-18,23-24H,5-8,11-12H2,1-2H3/t17-,18+/m1/s1. The number of ether oxygens (including phenoxy) is 2. The maximum atomic E-state index is 13.1. The predicted octanol–water partition coefficient (Wildman–Crippen LogP) is 1.30. The van der Waals surface area contributed by atoms with E-state index in [0.717, 1.165) is 16.7 Å². The van der Waals surface area contributed by atoms with Gasteiger partial charge in [-0.3, -0.25) is 4.79 Å². The van der Waals surface area contributed by atoms with Crippen LogP contribution in [0, 0.1) is 0 Å². The lowest BCUT2D eigenvalue weighted by molar-refractivity contribution is -0.185. The molecular weight excluding hydrogens is 348 g/mol. The van der Waals surface area contributed by atoms with Gasteiger partial charge in [0.1, 0.15) is 17.5 Å². The maximum Gasteiger partial charge on any atom is 0.270 e. The highest BCUT2D eigenvalue weighted by atomic mass is 16.5. The zero-order chi connectivity index (χ0) is 19.2. The Hall–Kier alpha value is -2.09. The van der Waals surface area contributed by atoms with E-state index in [1.807, 2.05) is 40.8 Å². The largest absolute Gasteiger partial charge is 0.497 e. The van der Waals surface area contributed by atoms with Crippen molar-refractivity contribution < 1.29 is 24.5 Å². The molecule has 1 amide bonds. The molecule has 0 bridgehead atoms. The Bertz CT molecular complexity index is 853. The fourth-order valence-corrected chi connectivity index (χ4v) is 4.24. The number of carbonyl (C=O) groups is 1. The first-order valence-electron chi connectivity index (χ1n) is 9.35. The summed E-state index contributed by atoms with van der Waals surface area (Å²) >= 11 is 0. The van der Waals surface area contributed by atoms with Crippen molar-refractivity contribution >= 4 is 16.8 Å². The third-order valence-corrected chi connectivity index (χ3v) is 6.02. The lowest BCUT2D eigenvalue weighted by atomic mass is 9.82. The molecule has 146 valence electrons. The van der Waals surface area contributed by atoms with Crippen LogP contribution in [0.4, 0.5) is 0 Å². The Morgan fingerprint density at radius 1 is 1.22 bits per heavy atom. The van der Waals surface area contributed by atoms with Gasteiger partial charge in [-0.25, -0.2) is 0 Å². The second-order valence-corrected chi connectivity index (χ2v) is 7.64. The second-order valence-electron chi connectivity index (χ2n) is 7.64. The number of hydrogen-bond donors (Lipinski definition) is 2. The van der Waals surface area contributed by atoms with E-state index in [1.165, 1.54) is 0 Å². The van der Waals surface area contributed by atoms with E-state index in [-0.39, 0.29) is 12.5 Å². The number of benzene rings is 1. The average molecular weight is 374 g/mol. The average Bonchev–Trinajstić information content (AvgIpc) is 3.01. The first-order chi connectivity index (χ1) is 12.9. The van der Waals surface area contributed by atoms with Crippen LogP contribution in [0.2, 0.25) is 0 Å². The minimum absolute atomic E-state index is 0.00101. The number of rotatable bonds is 2. The Balaban J connectivity index is 1.50. The van der Waals surface area contributed by atoms with Crippen LogP contribution in [0.5, 0.6) is 5.75 Å². The number of hydrogen-bond acceptors (Lipinski definition) is 5. The number of amides is 1. The normalized spacial score (nSPS) is 25.1. The third-order valence-electron chi connectivity index (χ3n) is 6.02. The number of aliphatic hydroxyl groups is 2. The monoisotopic (exact) mass is 374 g/mol. The molecule has 7 heteroatoms. The fraction of sp³-hybridized carbons (Fsp3) is 0.550. The van der Waals surface area contributed by atoms with Gasteiger partial charge in [0.2, 0.25) is 0 Å². The van der Waals surface area contributed by atoms with Gasteiger partial charge in [-0.05, 0) is 37.1 Å². The Morgan fingerprint density at radius 3 is 2.63 bits per heavy atom. The van der Waals surface area contributed by atoms with E-state index in [9.17, 15) is 15.0 Å². The van der Waals surface area contributed by atoms with Crippen LogP contribution in [0.3, 0.4) is 0 Å². The van der Waals surface area contributed by atoms with Gasteiger partial charge >= 0.3 is 0 Å². The Kier molecular flexibility index (Phi) is 4.61. The van der Waals surface area contributed by atoms with Gasteiger partial charge in [0.05, 0.1) is 25.4 Å². The molecule has 0 saturated carbocycles. The number of nitrogens with zero attached hydrogens (tertiary/aromatic N) is 2. The van der Waals surface area contributed by atoms with Crippen LogP contribution in [0.25, 0.3) is 10.9 Å². The SMILES string of the molecule is COc1ccc2c(c1)cc(C(=O)N1CCC3(CC1)C[C@@H](O)[C@@H](O)CO3)n2C. The predicted molar refractivity (Wildman–Crippen MR) is 99.9 cm³/mol. The van der Waals surface area contributed by atoms with E-state index in [4.69, 9.17) is 9.47 Å². The van der Waals surface area contributed by atoms with E-state index >= 15 is 0 Å². The molecule has 2 N–H and O–H groups in total. The van der Waals surface area contributed by atoms with Crippen LogP contribution in [0.15, 0.2) is 24.3 Å². The molecule has 3 heterocycles. The summed E-state index contributed by atoms with van der Waals surface area (Å²) in [5.41, 5.74) is 1.21. The second kappa shape index (κ2) is 6.82. The van der Waals surface area contributed by atoms with Crippen molar-refractivity contribution in [2.45, 2.75) is 37.1 Å². The Labute approximate surface area is 158 Å². The van der Waals surface area contributed by atoms with Crippen molar-refractivity contribution in [2.24, 2.45) is 7.05 Å². The molecule has 0 radical (unpaired) electrons. The molecule has 27 heavy (non-hydrogen) atoms. The molecular formula is C20H26N2O5. The number of methoxy groups -OCH3 is 1. The van der Waals surface area contributed by atoms with E-state index in [0.29, 0.717) is 38.0 Å². The summed E-state index contributed by atoms with van der Waals surface area (Å²) in [7, 11) is 3.53. The van der Waals surface area contributed by atoms with Crippen molar-refractivity contribution in [1.29, 1.82) is 0 Å². The van der Waals surface area contributed by atoms with Crippen LogP contribution in [-0.2, 0) is 11.8 Å². The zero-order valence-electron chi connectivity index (χ0n) is 15.7. The smallest absolute Gasteiger partial charge is 0.270 e. The molecule has 2 saturated heterocycles. The number of aryl methyl sites for hydroxylation is 1. The van der Waals surface area contributed by atoms with Gasteiger partial charge < -0.3 is 29.2 Å². The van der Waals surface area contributed by atoms with E-state index < -0.39 is 17.8 Å². The highest BCUT2D eigenvalue weighted by Crippen LogP contribution is 2.36. The number of piperidine rings is 1. The molecule has 0 unspecified atom stereocenters. The number of carbonyl (C=O) groups excluding carboxylic acids is 1. The van der Waals surface area contributed by atoms with Gasteiger partial charge in [-0.1, -0.05) is 0 Å². The molecule has 2 aliphatic heterocycles.